The van der Waals surface area contributed by atoms with Crippen LogP contribution in [0, 0.1) is 11.3 Å². The molecule has 0 fully saturated rings. The van der Waals surface area contributed by atoms with Crippen molar-refractivity contribution in [1.29, 1.82) is 5.26 Å². The third kappa shape index (κ3) is 9.77. The third-order valence-corrected chi connectivity index (χ3v) is 0.0913. The van der Waals surface area contributed by atoms with Crippen LogP contribution in [0.3, 0.4) is 0 Å². The van der Waals surface area contributed by atoms with Gasteiger partial charge in [-0.25, -0.2) is 0 Å². The van der Waals surface area contributed by atoms with Crippen molar-refractivity contribution in [2.24, 2.45) is 0 Å². The Balaban J connectivity index is 0. The van der Waals surface area contributed by atoms with Gasteiger partial charge in [-0.3, -0.25) is 0 Å². The quantitative estimate of drug-likeness (QED) is 0.285. The number of hydrogen-bond donors (Lipinski definition) is 0. The van der Waals surface area contributed by atoms with Gasteiger partial charge in [-0.05, 0) is 0 Å². The Labute approximate surface area is 45.0 Å². The third-order valence-electron chi connectivity index (χ3n) is 0.0913. The Bertz CT molecular complexity index is 84.0. The van der Waals surface area contributed by atoms with Crippen LogP contribution in [0.4, 0.5) is 0 Å². The van der Waals surface area contributed by atoms with Gasteiger partial charge in [0.25, 0.3) is 0 Å². The average molecular weight is 126 g/mol. The van der Waals surface area contributed by atoms with Crippen LogP contribution in [-0.2, 0) is 21.9 Å². The van der Waals surface area contributed by atoms with Gasteiger partial charge in [0.05, 0.1) is 0 Å². The van der Waals surface area contributed by atoms with Crippen molar-refractivity contribution < 1.29 is 27.0 Å². The number of nitrogens with zero attached hydrogens (tertiary/aromatic N) is 1. The summed E-state index contributed by atoms with van der Waals surface area (Å²) >= 11 is 0. The van der Waals surface area contributed by atoms with Crippen molar-refractivity contribution in [3.8, 4) is 6.07 Å². The van der Waals surface area contributed by atoms with E-state index in [4.69, 9.17) is 15.2 Å². The first-order chi connectivity index (χ1) is 2.27. The summed E-state index contributed by atoms with van der Waals surface area (Å²) in [5.74, 6) is -1.69. The van der Waals surface area contributed by atoms with Crippen LogP contribution >= 0.6 is 0 Å². The topological polar surface area (TPSA) is 63.9 Å². The largest absolute Gasteiger partial charge is 3.00 e. The summed E-state index contributed by atoms with van der Waals surface area (Å²) < 4.78 is 0. The molecule has 0 saturated carbocycles. The molecule has 0 aliphatic heterocycles. The molecular weight excluding hydrogens is 126 g/mol. The summed E-state index contributed by atoms with van der Waals surface area (Å²) in [6.45, 7) is 0. The molecule has 3 nitrogen and oxygen atoms in total. The average Bonchev–Trinajstić information content (AvgIpc) is 1.38. The molecular formula is C2FeNO2+2. The molecule has 0 aromatic carbocycles. The van der Waals surface area contributed by atoms with Crippen molar-refractivity contribution in [3.63, 3.8) is 0 Å². The second-order valence-electron chi connectivity index (χ2n) is 0.399. The maximum Gasteiger partial charge on any atom is 3.00 e. The zero-order chi connectivity index (χ0) is 4.28. The Kier molecular flexibility index (Phi) is 6.78. The smallest absolute Gasteiger partial charge is 0.535 e. The van der Waals surface area contributed by atoms with E-state index in [1.54, 1.807) is 0 Å². The molecule has 0 aromatic rings. The van der Waals surface area contributed by atoms with Crippen LogP contribution in [0.15, 0.2) is 0 Å². The van der Waals surface area contributed by atoms with Gasteiger partial charge in [0.15, 0.2) is 0 Å². The molecule has 0 heterocycles. The van der Waals surface area contributed by atoms with Crippen molar-refractivity contribution in [3.05, 3.63) is 0 Å². The molecule has 0 aliphatic rings. The molecule has 0 unspecified atom stereocenters. The molecule has 0 atom stereocenters. The summed E-state index contributed by atoms with van der Waals surface area (Å²) in [7, 11) is 0. The molecule has 0 spiro atoms. The molecule has 0 saturated heterocycles. The minimum atomic E-state index is -1.69. The van der Waals surface area contributed by atoms with Crippen molar-refractivity contribution in [1.82, 2.24) is 0 Å². The van der Waals surface area contributed by atoms with Crippen molar-refractivity contribution >= 4 is 5.97 Å². The second-order valence-corrected chi connectivity index (χ2v) is 0.399. The minimum Gasteiger partial charge on any atom is -0.535 e. The van der Waals surface area contributed by atoms with Gasteiger partial charge in [0.2, 0.25) is 0 Å². The minimum absolute atomic E-state index is 0. The first-order valence-electron chi connectivity index (χ1n) is 0.882. The Morgan fingerprint density at radius 3 is 2.00 bits per heavy atom. The van der Waals surface area contributed by atoms with Crippen LogP contribution in [0.25, 0.3) is 0 Å². The first kappa shape index (κ1) is 9.08. The van der Waals surface area contributed by atoms with Crippen molar-refractivity contribution in [2.45, 2.75) is 0 Å². The number of carbonyl (C=O) groups is 1. The fourth-order valence-corrected chi connectivity index (χ4v) is 0. The molecule has 0 amide bonds. The van der Waals surface area contributed by atoms with E-state index in [1.807, 2.05) is 0 Å². The number of aliphatic carboxylic acids is 1. The van der Waals surface area contributed by atoms with E-state index >= 15 is 0 Å². The monoisotopic (exact) mass is 126 g/mol. The Morgan fingerprint density at radius 2 is 2.00 bits per heavy atom. The standard InChI is InChI=1S/C2HNO2.Fe/c3-1-2(4)5;/h(H,4,5);/q;+3/p-1. The van der Waals surface area contributed by atoms with Crippen LogP contribution < -0.4 is 5.11 Å². The number of carboxylic acid groups (broad SMARTS) is 1. The second kappa shape index (κ2) is 4.48. The maximum atomic E-state index is 8.90. The molecule has 31 valence electrons. The van der Waals surface area contributed by atoms with Crippen LogP contribution in [-0.4, -0.2) is 5.97 Å². The predicted octanol–water partition coefficient (Wildman–Crippen LogP) is -1.74. The summed E-state index contributed by atoms with van der Waals surface area (Å²) in [5, 5.41) is 16.1. The number of carbonyl (C=O) groups excluding carboxylic acids is 1. The summed E-state index contributed by atoms with van der Waals surface area (Å²) in [5.41, 5.74) is 0. The van der Waals surface area contributed by atoms with Crippen molar-refractivity contribution in [2.75, 3.05) is 0 Å². The van der Waals surface area contributed by atoms with E-state index in [-0.39, 0.29) is 17.1 Å². The molecule has 6 heavy (non-hydrogen) atoms. The number of rotatable bonds is 0. The Hall–Kier alpha value is -0.521. The molecule has 4 heteroatoms. The van der Waals surface area contributed by atoms with Crippen LogP contribution in [0.1, 0.15) is 0 Å². The van der Waals surface area contributed by atoms with E-state index in [2.05, 4.69) is 0 Å². The number of carboxylic acids is 1. The maximum absolute atomic E-state index is 8.90. The van der Waals surface area contributed by atoms with Gasteiger partial charge < -0.3 is 9.90 Å². The molecule has 0 rings (SSSR count). The SMILES string of the molecule is N#CC(=O)[O-].[Fe+3]. The van der Waals surface area contributed by atoms with Crippen LogP contribution in [0.5, 0.6) is 0 Å². The van der Waals surface area contributed by atoms with Gasteiger partial charge >= 0.3 is 17.1 Å². The molecule has 0 N–H and O–H groups in total. The van der Waals surface area contributed by atoms with Crippen LogP contribution in [0.2, 0.25) is 0 Å². The Morgan fingerprint density at radius 1 is 1.83 bits per heavy atom. The molecule has 1 radical (unpaired) electrons. The summed E-state index contributed by atoms with van der Waals surface area (Å²) in [4.78, 5) is 8.90. The molecule has 0 bridgehead atoms. The van der Waals surface area contributed by atoms with Gasteiger partial charge in [-0.15, -0.1) is 0 Å². The fourth-order valence-electron chi connectivity index (χ4n) is 0. The zero-order valence-electron chi connectivity index (χ0n) is 2.62. The fraction of sp³-hybridized carbons (Fsp3) is 0. The van der Waals surface area contributed by atoms with E-state index < -0.39 is 5.97 Å². The zero-order valence-corrected chi connectivity index (χ0v) is 3.72. The normalized spacial score (nSPS) is 4.50. The molecule has 0 aromatic heterocycles. The molecule has 0 aliphatic carbocycles. The van der Waals surface area contributed by atoms with Gasteiger partial charge in [0, 0.05) is 0 Å². The summed E-state index contributed by atoms with van der Waals surface area (Å²) in [6.07, 6.45) is 0. The van der Waals surface area contributed by atoms with Gasteiger partial charge in [-0.2, -0.15) is 5.26 Å². The van der Waals surface area contributed by atoms with E-state index in [9.17, 15) is 0 Å². The predicted molar refractivity (Wildman–Crippen MR) is 10.6 cm³/mol. The van der Waals surface area contributed by atoms with E-state index in [0.29, 0.717) is 0 Å². The van der Waals surface area contributed by atoms with Gasteiger partial charge in [-0.1, -0.05) is 0 Å². The van der Waals surface area contributed by atoms with E-state index in [0.717, 1.165) is 6.07 Å². The van der Waals surface area contributed by atoms with Gasteiger partial charge in [0.1, 0.15) is 12.0 Å². The number of hydrogen-bond acceptors (Lipinski definition) is 3. The summed E-state index contributed by atoms with van der Waals surface area (Å²) in [6, 6.07) is 0.833. The first-order valence-corrected chi connectivity index (χ1v) is 0.882. The van der Waals surface area contributed by atoms with E-state index in [1.165, 1.54) is 0 Å². The number of nitriles is 1.